The van der Waals surface area contributed by atoms with E-state index in [-0.39, 0.29) is 0 Å². The normalized spacial score (nSPS) is 12.8. The number of allylic oxidation sites excluding steroid dienone is 3. The van der Waals surface area contributed by atoms with Crippen molar-refractivity contribution < 1.29 is 0 Å². The van der Waals surface area contributed by atoms with Crippen molar-refractivity contribution >= 4 is 5.82 Å². The van der Waals surface area contributed by atoms with Gasteiger partial charge in [0.15, 0.2) is 0 Å². The van der Waals surface area contributed by atoms with Gasteiger partial charge in [-0.2, -0.15) is 5.10 Å². The van der Waals surface area contributed by atoms with Gasteiger partial charge in [0, 0.05) is 17.8 Å². The largest absolute Gasteiger partial charge is 0.385 e. The number of hydrogen-bond acceptors (Lipinski definition) is 3. The number of hydrogen-bond donors (Lipinski definition) is 3. The average molecular weight is 324 g/mol. The Bertz CT molecular complexity index is 633. The first-order valence-electron chi connectivity index (χ1n) is 8.32. The molecular formula is C20H28N4. The summed E-state index contributed by atoms with van der Waals surface area (Å²) in [5, 5.41) is 9.80. The first-order chi connectivity index (χ1) is 11.8. The van der Waals surface area contributed by atoms with Crippen molar-refractivity contribution in [3.05, 3.63) is 73.1 Å². The molecule has 128 valence electrons. The molecule has 1 aliphatic rings. The molecule has 0 saturated carbocycles. The van der Waals surface area contributed by atoms with E-state index >= 15 is 0 Å². The molecule has 0 fully saturated rings. The van der Waals surface area contributed by atoms with Gasteiger partial charge in [0.05, 0.1) is 6.20 Å². The average Bonchev–Trinajstić information content (AvgIpc) is 3.10. The third kappa shape index (κ3) is 5.47. The molecule has 1 aromatic carbocycles. The molecule has 4 nitrogen and oxygen atoms in total. The molecule has 2 heterocycles. The van der Waals surface area contributed by atoms with Crippen LogP contribution in [0.2, 0.25) is 0 Å². The van der Waals surface area contributed by atoms with E-state index in [4.69, 9.17) is 5.73 Å². The number of H-pyrrole nitrogens is 1. The van der Waals surface area contributed by atoms with Gasteiger partial charge in [-0.1, -0.05) is 63.4 Å². The van der Waals surface area contributed by atoms with Gasteiger partial charge in [-0.05, 0) is 30.1 Å². The van der Waals surface area contributed by atoms with E-state index in [1.54, 1.807) is 6.20 Å². The van der Waals surface area contributed by atoms with Crippen LogP contribution in [-0.4, -0.2) is 16.7 Å². The van der Waals surface area contributed by atoms with Gasteiger partial charge in [0.1, 0.15) is 5.82 Å². The number of benzene rings is 1. The molecule has 1 aromatic heterocycles. The van der Waals surface area contributed by atoms with E-state index in [0.29, 0.717) is 5.82 Å². The maximum absolute atomic E-state index is 5.65. The Kier molecular flexibility index (Phi) is 8.76. The van der Waals surface area contributed by atoms with Gasteiger partial charge in [0.2, 0.25) is 0 Å². The minimum Gasteiger partial charge on any atom is -0.385 e. The van der Waals surface area contributed by atoms with Crippen molar-refractivity contribution in [1.29, 1.82) is 0 Å². The second kappa shape index (κ2) is 10.9. The SMILES string of the molecule is C=CC1=C(C=C)NCCC1.CC.Nc1[nH]ncc1-c1ccccc1. The Labute approximate surface area is 145 Å². The molecule has 0 spiro atoms. The van der Waals surface area contributed by atoms with E-state index in [0.717, 1.165) is 29.8 Å². The molecule has 1 aliphatic heterocycles. The summed E-state index contributed by atoms with van der Waals surface area (Å²) in [5.74, 6) is 0.612. The minimum absolute atomic E-state index is 0.612. The van der Waals surface area contributed by atoms with Gasteiger partial charge in [-0.15, -0.1) is 0 Å². The van der Waals surface area contributed by atoms with Gasteiger partial charge >= 0.3 is 0 Å². The van der Waals surface area contributed by atoms with Crippen molar-refractivity contribution in [3.63, 3.8) is 0 Å². The second-order valence-electron chi connectivity index (χ2n) is 4.94. The molecule has 4 N–H and O–H groups in total. The summed E-state index contributed by atoms with van der Waals surface area (Å²) < 4.78 is 0. The molecule has 0 aliphatic carbocycles. The molecule has 2 aromatic rings. The van der Waals surface area contributed by atoms with Crippen molar-refractivity contribution in [2.75, 3.05) is 12.3 Å². The van der Waals surface area contributed by atoms with Gasteiger partial charge in [0.25, 0.3) is 0 Å². The Morgan fingerprint density at radius 3 is 2.33 bits per heavy atom. The van der Waals surface area contributed by atoms with Crippen LogP contribution in [0.1, 0.15) is 26.7 Å². The number of nitrogens with one attached hydrogen (secondary N) is 2. The number of aromatic nitrogens is 2. The van der Waals surface area contributed by atoms with Crippen LogP contribution >= 0.6 is 0 Å². The molecule has 0 radical (unpaired) electrons. The minimum atomic E-state index is 0.612. The molecule has 0 bridgehead atoms. The van der Waals surface area contributed by atoms with Crippen molar-refractivity contribution in [2.45, 2.75) is 26.7 Å². The van der Waals surface area contributed by atoms with Crippen LogP contribution in [0.3, 0.4) is 0 Å². The van der Waals surface area contributed by atoms with Crippen LogP contribution in [-0.2, 0) is 0 Å². The highest BCUT2D eigenvalue weighted by Gasteiger charge is 2.05. The van der Waals surface area contributed by atoms with E-state index < -0.39 is 0 Å². The van der Waals surface area contributed by atoms with E-state index in [2.05, 4.69) is 28.7 Å². The summed E-state index contributed by atoms with van der Waals surface area (Å²) in [5.41, 5.74) is 10.1. The number of nitrogens with two attached hydrogens (primary N) is 1. The van der Waals surface area contributed by atoms with E-state index in [1.807, 2.05) is 56.3 Å². The van der Waals surface area contributed by atoms with E-state index in [9.17, 15) is 0 Å². The predicted octanol–water partition coefficient (Wildman–Crippen LogP) is 4.68. The maximum atomic E-state index is 5.65. The quantitative estimate of drug-likeness (QED) is 0.768. The second-order valence-corrected chi connectivity index (χ2v) is 4.94. The fourth-order valence-electron chi connectivity index (χ4n) is 2.31. The lowest BCUT2D eigenvalue weighted by atomic mass is 10.0. The smallest absolute Gasteiger partial charge is 0.126 e. The summed E-state index contributed by atoms with van der Waals surface area (Å²) in [7, 11) is 0. The summed E-state index contributed by atoms with van der Waals surface area (Å²) in [6, 6.07) is 9.92. The van der Waals surface area contributed by atoms with Gasteiger partial charge < -0.3 is 11.1 Å². The number of nitrogen functional groups attached to an aromatic ring is 1. The monoisotopic (exact) mass is 324 g/mol. The highest BCUT2D eigenvalue weighted by Crippen LogP contribution is 2.22. The Morgan fingerprint density at radius 2 is 1.83 bits per heavy atom. The zero-order valence-electron chi connectivity index (χ0n) is 14.7. The predicted molar refractivity (Wildman–Crippen MR) is 104 cm³/mol. The van der Waals surface area contributed by atoms with Crippen LogP contribution < -0.4 is 11.1 Å². The van der Waals surface area contributed by atoms with Gasteiger partial charge in [-0.3, -0.25) is 5.10 Å². The van der Waals surface area contributed by atoms with Crippen LogP contribution in [0.15, 0.2) is 73.1 Å². The highest BCUT2D eigenvalue weighted by molar-refractivity contribution is 5.72. The van der Waals surface area contributed by atoms with E-state index in [1.165, 1.54) is 12.0 Å². The van der Waals surface area contributed by atoms with Crippen molar-refractivity contribution in [3.8, 4) is 11.1 Å². The molecule has 4 heteroatoms. The van der Waals surface area contributed by atoms with Crippen LogP contribution in [0.4, 0.5) is 5.82 Å². The van der Waals surface area contributed by atoms with Crippen molar-refractivity contribution in [2.24, 2.45) is 0 Å². The Balaban J connectivity index is 0.000000221. The lowest BCUT2D eigenvalue weighted by Gasteiger charge is -2.16. The van der Waals surface area contributed by atoms with Crippen LogP contribution in [0.25, 0.3) is 11.1 Å². The number of aromatic amines is 1. The summed E-state index contributed by atoms with van der Waals surface area (Å²) in [4.78, 5) is 0. The zero-order chi connectivity index (χ0) is 17.8. The first-order valence-corrected chi connectivity index (χ1v) is 8.32. The molecular weight excluding hydrogens is 296 g/mol. The standard InChI is InChI=1S/C9H9N3.C9H13N.C2H6/c10-9-8(6-11-12-9)7-4-2-1-3-5-7;1-3-8-6-5-7-10-9(8)4-2;1-2/h1-6H,(H3,10,11,12);3-4,10H,1-2,5-7H2;1-2H3. The maximum Gasteiger partial charge on any atom is 0.126 e. The molecule has 0 atom stereocenters. The third-order valence-electron chi connectivity index (χ3n) is 3.49. The lowest BCUT2D eigenvalue weighted by Crippen LogP contribution is -2.19. The van der Waals surface area contributed by atoms with Gasteiger partial charge in [-0.25, -0.2) is 0 Å². The number of rotatable bonds is 3. The molecule has 0 amide bonds. The fourth-order valence-corrected chi connectivity index (χ4v) is 2.31. The Hall–Kier alpha value is -2.75. The first kappa shape index (κ1) is 19.3. The summed E-state index contributed by atoms with van der Waals surface area (Å²) in [6.45, 7) is 12.5. The topological polar surface area (TPSA) is 66.7 Å². The zero-order valence-corrected chi connectivity index (χ0v) is 14.7. The molecule has 0 saturated heterocycles. The third-order valence-corrected chi connectivity index (χ3v) is 3.49. The number of anilines is 1. The number of nitrogens with zero attached hydrogens (tertiary/aromatic N) is 1. The van der Waals surface area contributed by atoms with Crippen LogP contribution in [0.5, 0.6) is 0 Å². The Morgan fingerprint density at radius 1 is 1.12 bits per heavy atom. The molecule has 0 unspecified atom stereocenters. The summed E-state index contributed by atoms with van der Waals surface area (Å²) in [6.07, 6.45) is 7.83. The van der Waals surface area contributed by atoms with Crippen LogP contribution in [0, 0.1) is 0 Å². The highest BCUT2D eigenvalue weighted by atomic mass is 15.1. The molecule has 3 rings (SSSR count). The lowest BCUT2D eigenvalue weighted by molar-refractivity contribution is 0.685. The van der Waals surface area contributed by atoms with Crippen molar-refractivity contribution in [1.82, 2.24) is 15.5 Å². The molecule has 24 heavy (non-hydrogen) atoms. The summed E-state index contributed by atoms with van der Waals surface area (Å²) >= 11 is 0. The fraction of sp³-hybridized carbons (Fsp3) is 0.250.